The first-order chi connectivity index (χ1) is 12.2. The lowest BCUT2D eigenvalue weighted by Gasteiger charge is -2.12. The predicted molar refractivity (Wildman–Crippen MR) is 108 cm³/mol. The van der Waals surface area contributed by atoms with Crippen LogP contribution in [0.15, 0.2) is 78.9 Å². The maximum Gasteiger partial charge on any atom is 0.0412 e. The molecule has 0 aliphatic carbocycles. The molecule has 3 aromatic rings. The van der Waals surface area contributed by atoms with Gasteiger partial charge in [0.15, 0.2) is 0 Å². The van der Waals surface area contributed by atoms with Crippen molar-refractivity contribution in [2.75, 3.05) is 0 Å². The molecule has 2 heteroatoms. The fourth-order valence-electron chi connectivity index (χ4n) is 3.12. The van der Waals surface area contributed by atoms with E-state index in [1.165, 1.54) is 16.7 Å². The van der Waals surface area contributed by atoms with Crippen molar-refractivity contribution in [2.24, 2.45) is 5.73 Å². The van der Waals surface area contributed by atoms with Crippen molar-refractivity contribution in [3.8, 4) is 11.1 Å². The van der Waals surface area contributed by atoms with Crippen LogP contribution in [-0.2, 0) is 12.8 Å². The minimum Gasteiger partial charge on any atom is -0.327 e. The van der Waals surface area contributed by atoms with Gasteiger partial charge >= 0.3 is 0 Å². The minimum atomic E-state index is 0.209. The lowest BCUT2D eigenvalue weighted by atomic mass is 9.98. The summed E-state index contributed by atoms with van der Waals surface area (Å²) < 4.78 is 0. The van der Waals surface area contributed by atoms with E-state index in [1.54, 1.807) is 0 Å². The predicted octanol–water partition coefficient (Wildman–Crippen LogP) is 5.90. The number of hydrogen-bond acceptors (Lipinski definition) is 1. The lowest BCUT2D eigenvalue weighted by Crippen LogP contribution is -2.22. The molecule has 1 nitrogen and oxygen atoms in total. The van der Waals surface area contributed by atoms with Crippen molar-refractivity contribution in [3.63, 3.8) is 0 Å². The highest BCUT2D eigenvalue weighted by Crippen LogP contribution is 2.23. The Labute approximate surface area is 155 Å². The van der Waals surface area contributed by atoms with Gasteiger partial charge in [-0.3, -0.25) is 0 Å². The Morgan fingerprint density at radius 1 is 0.760 bits per heavy atom. The van der Waals surface area contributed by atoms with Crippen LogP contribution < -0.4 is 5.73 Å². The molecule has 0 spiro atoms. The second-order valence-corrected chi connectivity index (χ2v) is 6.99. The van der Waals surface area contributed by atoms with Crippen LogP contribution in [0.3, 0.4) is 0 Å². The Bertz CT molecular complexity index is 781. The zero-order chi connectivity index (χ0) is 17.5. The molecule has 2 N–H and O–H groups in total. The number of rotatable bonds is 7. The molecule has 0 aliphatic heterocycles. The van der Waals surface area contributed by atoms with E-state index in [4.69, 9.17) is 17.3 Å². The quantitative estimate of drug-likeness (QED) is 0.564. The smallest absolute Gasteiger partial charge is 0.0412 e. The van der Waals surface area contributed by atoms with Gasteiger partial charge < -0.3 is 5.73 Å². The number of halogens is 1. The second kappa shape index (κ2) is 8.84. The van der Waals surface area contributed by atoms with Gasteiger partial charge in [-0.15, -0.1) is 0 Å². The summed E-state index contributed by atoms with van der Waals surface area (Å²) in [4.78, 5) is 0. The molecule has 128 valence electrons. The van der Waals surface area contributed by atoms with E-state index in [1.807, 2.05) is 18.2 Å². The van der Waals surface area contributed by atoms with E-state index in [2.05, 4.69) is 60.7 Å². The van der Waals surface area contributed by atoms with E-state index in [0.717, 1.165) is 36.3 Å². The number of hydrogen-bond donors (Lipinski definition) is 1. The first kappa shape index (κ1) is 17.7. The maximum absolute atomic E-state index is 6.32. The van der Waals surface area contributed by atoms with Crippen LogP contribution in [0.1, 0.15) is 24.0 Å². The number of aryl methyl sites for hydroxylation is 1. The fraction of sp³-hybridized carbons (Fsp3) is 0.217. The minimum absolute atomic E-state index is 0.209. The molecule has 0 bridgehead atoms. The summed E-state index contributed by atoms with van der Waals surface area (Å²) in [5.74, 6) is 0. The van der Waals surface area contributed by atoms with Gasteiger partial charge in [-0.1, -0.05) is 78.3 Å². The number of nitrogens with two attached hydrogens (primary N) is 1. The van der Waals surface area contributed by atoms with Gasteiger partial charge in [0.1, 0.15) is 0 Å². The molecule has 0 unspecified atom stereocenters. The molecule has 0 heterocycles. The summed E-state index contributed by atoms with van der Waals surface area (Å²) in [6, 6.07) is 27.4. The number of benzene rings is 3. The van der Waals surface area contributed by atoms with Gasteiger partial charge in [0.2, 0.25) is 0 Å². The summed E-state index contributed by atoms with van der Waals surface area (Å²) in [5, 5.41) is 0.766. The molecule has 1 atom stereocenters. The molecule has 0 aromatic heterocycles. The average molecular weight is 350 g/mol. The Kier molecular flexibility index (Phi) is 6.27. The Morgan fingerprint density at radius 2 is 1.52 bits per heavy atom. The highest BCUT2D eigenvalue weighted by molar-refractivity contribution is 6.30. The molecule has 0 radical (unpaired) electrons. The summed E-state index contributed by atoms with van der Waals surface area (Å²) in [5.41, 5.74) is 11.3. The first-order valence-corrected chi connectivity index (χ1v) is 9.23. The highest BCUT2D eigenvalue weighted by Gasteiger charge is 2.05. The zero-order valence-corrected chi connectivity index (χ0v) is 15.1. The van der Waals surface area contributed by atoms with Crippen molar-refractivity contribution >= 4 is 11.6 Å². The topological polar surface area (TPSA) is 26.0 Å². The fourth-order valence-corrected chi connectivity index (χ4v) is 3.31. The Hall–Kier alpha value is -2.09. The summed E-state index contributed by atoms with van der Waals surface area (Å²) in [6.45, 7) is 0. The summed E-state index contributed by atoms with van der Waals surface area (Å²) in [7, 11) is 0. The standard InChI is InChI=1S/C23H24ClN/c24-22-10-5-9-21(17-22)20-14-12-19(13-15-20)16-23(25)11-4-8-18-6-2-1-3-7-18/h1-3,5-7,9-10,12-15,17,23H,4,8,11,16,25H2/t23-/m0/s1. The molecule has 3 rings (SSSR count). The van der Waals surface area contributed by atoms with Crippen molar-refractivity contribution in [1.82, 2.24) is 0 Å². The third-order valence-electron chi connectivity index (χ3n) is 4.49. The molecule has 0 amide bonds. The molecule has 0 saturated heterocycles. The molecular formula is C23H24ClN. The largest absolute Gasteiger partial charge is 0.327 e. The second-order valence-electron chi connectivity index (χ2n) is 6.55. The van der Waals surface area contributed by atoms with Gasteiger partial charge in [-0.2, -0.15) is 0 Å². The normalized spacial score (nSPS) is 12.1. The lowest BCUT2D eigenvalue weighted by molar-refractivity contribution is 0.580. The van der Waals surface area contributed by atoms with Crippen LogP contribution in [0.5, 0.6) is 0 Å². The van der Waals surface area contributed by atoms with Gasteiger partial charge in [0, 0.05) is 11.1 Å². The van der Waals surface area contributed by atoms with Gasteiger partial charge in [0.05, 0.1) is 0 Å². The molecule has 0 aliphatic rings. The van der Waals surface area contributed by atoms with Gasteiger partial charge in [0.25, 0.3) is 0 Å². The van der Waals surface area contributed by atoms with Gasteiger partial charge in [-0.25, -0.2) is 0 Å². The molecule has 0 fully saturated rings. The third-order valence-corrected chi connectivity index (χ3v) is 4.73. The third kappa shape index (κ3) is 5.45. The van der Waals surface area contributed by atoms with Crippen molar-refractivity contribution in [1.29, 1.82) is 0 Å². The molecular weight excluding hydrogens is 326 g/mol. The Morgan fingerprint density at radius 3 is 2.24 bits per heavy atom. The molecule has 25 heavy (non-hydrogen) atoms. The first-order valence-electron chi connectivity index (χ1n) is 8.85. The van der Waals surface area contributed by atoms with Crippen molar-refractivity contribution in [2.45, 2.75) is 31.7 Å². The summed E-state index contributed by atoms with van der Waals surface area (Å²) >= 11 is 6.07. The van der Waals surface area contributed by atoms with Crippen LogP contribution in [-0.4, -0.2) is 6.04 Å². The van der Waals surface area contributed by atoms with E-state index >= 15 is 0 Å². The maximum atomic E-state index is 6.32. The van der Waals surface area contributed by atoms with Crippen LogP contribution in [0.25, 0.3) is 11.1 Å². The van der Waals surface area contributed by atoms with Crippen LogP contribution in [0.4, 0.5) is 0 Å². The molecule has 0 saturated carbocycles. The van der Waals surface area contributed by atoms with E-state index in [9.17, 15) is 0 Å². The van der Waals surface area contributed by atoms with Crippen LogP contribution >= 0.6 is 11.6 Å². The van der Waals surface area contributed by atoms with E-state index in [0.29, 0.717) is 0 Å². The van der Waals surface area contributed by atoms with Crippen molar-refractivity contribution < 1.29 is 0 Å². The van der Waals surface area contributed by atoms with Crippen molar-refractivity contribution in [3.05, 3.63) is 95.0 Å². The highest BCUT2D eigenvalue weighted by atomic mass is 35.5. The Balaban J connectivity index is 1.51. The van der Waals surface area contributed by atoms with E-state index < -0.39 is 0 Å². The van der Waals surface area contributed by atoms with Gasteiger partial charge in [-0.05, 0) is 60.1 Å². The zero-order valence-electron chi connectivity index (χ0n) is 14.4. The monoisotopic (exact) mass is 349 g/mol. The average Bonchev–Trinajstić information content (AvgIpc) is 2.63. The molecule has 3 aromatic carbocycles. The van der Waals surface area contributed by atoms with Crippen LogP contribution in [0.2, 0.25) is 5.02 Å². The SMILES string of the molecule is N[C@@H](CCCc1ccccc1)Cc1ccc(-c2cccc(Cl)c2)cc1. The van der Waals surface area contributed by atoms with E-state index in [-0.39, 0.29) is 6.04 Å². The van der Waals surface area contributed by atoms with Crippen LogP contribution in [0, 0.1) is 0 Å². The summed E-state index contributed by atoms with van der Waals surface area (Å²) in [6.07, 6.45) is 4.20.